The third-order valence-electron chi connectivity index (χ3n) is 2.94. The van der Waals surface area contributed by atoms with Crippen LogP contribution in [0.3, 0.4) is 0 Å². The Balaban J connectivity index is 1.88. The van der Waals surface area contributed by atoms with E-state index in [-0.39, 0.29) is 10.8 Å². The van der Waals surface area contributed by atoms with Gasteiger partial charge >= 0.3 is 0 Å². The van der Waals surface area contributed by atoms with Crippen LogP contribution in [-0.4, -0.2) is 55.6 Å². The molecule has 1 heterocycles. The van der Waals surface area contributed by atoms with Crippen LogP contribution in [0.2, 0.25) is 10.0 Å². The average Bonchev–Trinajstić information content (AvgIpc) is 2.41. The van der Waals surface area contributed by atoms with E-state index in [9.17, 15) is 5.11 Å². The number of ether oxygens (including phenoxy) is 1. The molecule has 0 aromatic heterocycles. The van der Waals surface area contributed by atoms with Crippen LogP contribution in [0.4, 0.5) is 0 Å². The lowest BCUT2D eigenvalue weighted by Crippen LogP contribution is -2.37. The molecular weight excluding hydrogens is 287 g/mol. The van der Waals surface area contributed by atoms with Gasteiger partial charge in [-0.2, -0.15) is 0 Å². The largest absolute Gasteiger partial charge is 0.506 e. The number of rotatable bonds is 4. The maximum absolute atomic E-state index is 9.76. The van der Waals surface area contributed by atoms with Crippen molar-refractivity contribution in [3.8, 4) is 5.75 Å². The normalized spacial score (nSPS) is 17.2. The summed E-state index contributed by atoms with van der Waals surface area (Å²) in [5, 5.41) is 10.5. The molecule has 1 aliphatic rings. The third-order valence-corrected chi connectivity index (χ3v) is 3.44. The predicted octanol–water partition coefficient (Wildman–Crippen LogP) is 2.45. The first-order valence-corrected chi connectivity index (χ1v) is 6.90. The molecule has 0 aliphatic carbocycles. The van der Waals surface area contributed by atoms with Crippen molar-refractivity contribution in [2.24, 2.45) is 4.99 Å². The number of aliphatic imine (C=N–C) groups is 1. The molecule has 2 rings (SSSR count). The van der Waals surface area contributed by atoms with E-state index in [0.29, 0.717) is 17.1 Å². The molecule has 1 aromatic rings. The third kappa shape index (κ3) is 4.35. The van der Waals surface area contributed by atoms with Gasteiger partial charge in [0.15, 0.2) is 0 Å². The number of hydrogen-bond donors (Lipinski definition) is 1. The van der Waals surface area contributed by atoms with E-state index in [0.717, 1.165) is 32.8 Å². The summed E-state index contributed by atoms with van der Waals surface area (Å²) in [5.41, 5.74) is 0.541. The van der Waals surface area contributed by atoms with Crippen molar-refractivity contribution in [3.63, 3.8) is 0 Å². The number of hydrogen-bond acceptors (Lipinski definition) is 4. The highest BCUT2D eigenvalue weighted by molar-refractivity contribution is 6.36. The number of benzene rings is 1. The number of nitrogens with zero attached hydrogens (tertiary/aromatic N) is 2. The summed E-state index contributed by atoms with van der Waals surface area (Å²) < 4.78 is 5.27. The van der Waals surface area contributed by atoms with E-state index in [1.54, 1.807) is 12.3 Å². The van der Waals surface area contributed by atoms with Gasteiger partial charge in [0.2, 0.25) is 0 Å². The van der Waals surface area contributed by atoms with Gasteiger partial charge in [-0.25, -0.2) is 0 Å². The minimum absolute atomic E-state index is 0.0150. The lowest BCUT2D eigenvalue weighted by Gasteiger charge is -2.25. The fourth-order valence-corrected chi connectivity index (χ4v) is 2.38. The Hall–Kier alpha value is -0.810. The van der Waals surface area contributed by atoms with Crippen molar-refractivity contribution in [2.45, 2.75) is 0 Å². The SMILES string of the molecule is Oc1c(Cl)cc(Cl)cc1C=NCCN1CCOCC1. The van der Waals surface area contributed by atoms with Crippen molar-refractivity contribution < 1.29 is 9.84 Å². The highest BCUT2D eigenvalue weighted by atomic mass is 35.5. The predicted molar refractivity (Wildman–Crippen MR) is 77.8 cm³/mol. The van der Waals surface area contributed by atoms with Crippen molar-refractivity contribution in [1.29, 1.82) is 0 Å². The van der Waals surface area contributed by atoms with E-state index < -0.39 is 0 Å². The van der Waals surface area contributed by atoms with Crippen molar-refractivity contribution in [1.82, 2.24) is 4.90 Å². The molecule has 0 amide bonds. The molecule has 4 nitrogen and oxygen atoms in total. The van der Waals surface area contributed by atoms with Crippen LogP contribution in [-0.2, 0) is 4.74 Å². The minimum atomic E-state index is 0.0150. The van der Waals surface area contributed by atoms with Crippen LogP contribution < -0.4 is 0 Å². The molecule has 19 heavy (non-hydrogen) atoms. The molecule has 0 bridgehead atoms. The minimum Gasteiger partial charge on any atom is -0.506 e. The lowest BCUT2D eigenvalue weighted by molar-refractivity contribution is 0.0395. The summed E-state index contributed by atoms with van der Waals surface area (Å²) in [7, 11) is 0. The summed E-state index contributed by atoms with van der Waals surface area (Å²) in [6.45, 7) is 5.02. The molecule has 1 aliphatic heterocycles. The van der Waals surface area contributed by atoms with Gasteiger partial charge < -0.3 is 9.84 Å². The van der Waals surface area contributed by atoms with E-state index in [2.05, 4.69) is 9.89 Å². The van der Waals surface area contributed by atoms with Gasteiger partial charge in [-0.1, -0.05) is 23.2 Å². The molecule has 0 atom stereocenters. The highest BCUT2D eigenvalue weighted by Crippen LogP contribution is 2.29. The first-order chi connectivity index (χ1) is 9.16. The molecule has 1 fully saturated rings. The van der Waals surface area contributed by atoms with Crippen molar-refractivity contribution in [2.75, 3.05) is 39.4 Å². The number of phenolic OH excluding ortho intramolecular Hbond substituents is 1. The summed E-state index contributed by atoms with van der Waals surface area (Å²) in [6, 6.07) is 3.14. The Labute approximate surface area is 122 Å². The zero-order valence-corrected chi connectivity index (χ0v) is 12.0. The van der Waals surface area contributed by atoms with Crippen LogP contribution in [0, 0.1) is 0 Å². The molecule has 1 aromatic carbocycles. The van der Waals surface area contributed by atoms with Crippen LogP contribution in [0.15, 0.2) is 17.1 Å². The van der Waals surface area contributed by atoms with Gasteiger partial charge in [-0.05, 0) is 12.1 Å². The molecule has 1 saturated heterocycles. The monoisotopic (exact) mass is 302 g/mol. The number of halogens is 2. The quantitative estimate of drug-likeness (QED) is 0.869. The first kappa shape index (κ1) is 14.6. The molecule has 6 heteroatoms. The van der Waals surface area contributed by atoms with E-state index in [1.165, 1.54) is 6.07 Å². The molecule has 0 unspecified atom stereocenters. The Kier molecular flexibility index (Phi) is 5.45. The Bertz CT molecular complexity index is 460. The Morgan fingerprint density at radius 1 is 1.32 bits per heavy atom. The molecular formula is C13H16Cl2N2O2. The highest BCUT2D eigenvalue weighted by Gasteiger charge is 2.09. The smallest absolute Gasteiger partial charge is 0.143 e. The zero-order valence-electron chi connectivity index (χ0n) is 10.5. The summed E-state index contributed by atoms with van der Waals surface area (Å²) in [4.78, 5) is 6.59. The molecule has 0 saturated carbocycles. The average molecular weight is 303 g/mol. The van der Waals surface area contributed by atoms with Crippen LogP contribution >= 0.6 is 23.2 Å². The summed E-state index contributed by atoms with van der Waals surface area (Å²) in [5.74, 6) is 0.0150. The van der Waals surface area contributed by atoms with Crippen molar-refractivity contribution >= 4 is 29.4 Å². The molecule has 0 radical (unpaired) electrons. The first-order valence-electron chi connectivity index (χ1n) is 6.15. The van der Waals surface area contributed by atoms with Gasteiger partial charge in [-0.15, -0.1) is 0 Å². The van der Waals surface area contributed by atoms with Crippen molar-refractivity contribution in [3.05, 3.63) is 27.7 Å². The van der Waals surface area contributed by atoms with E-state index in [4.69, 9.17) is 27.9 Å². The topological polar surface area (TPSA) is 45.1 Å². The summed E-state index contributed by atoms with van der Waals surface area (Å²) >= 11 is 11.7. The van der Waals surface area contributed by atoms with Crippen LogP contribution in [0.1, 0.15) is 5.56 Å². The van der Waals surface area contributed by atoms with Crippen LogP contribution in [0.25, 0.3) is 0 Å². The maximum atomic E-state index is 9.76. The molecule has 0 spiro atoms. The second-order valence-electron chi connectivity index (χ2n) is 4.31. The number of phenols is 1. The zero-order chi connectivity index (χ0) is 13.7. The fourth-order valence-electron chi connectivity index (χ4n) is 1.87. The van der Waals surface area contributed by atoms with E-state index in [1.807, 2.05) is 0 Å². The second-order valence-corrected chi connectivity index (χ2v) is 5.16. The Morgan fingerprint density at radius 3 is 2.79 bits per heavy atom. The van der Waals surface area contributed by atoms with Gasteiger partial charge in [0.05, 0.1) is 24.8 Å². The Morgan fingerprint density at radius 2 is 2.05 bits per heavy atom. The number of morpholine rings is 1. The van der Waals surface area contributed by atoms with Gasteiger partial charge in [0.1, 0.15) is 5.75 Å². The molecule has 1 N–H and O–H groups in total. The fraction of sp³-hybridized carbons (Fsp3) is 0.462. The van der Waals surface area contributed by atoms with Gasteiger partial charge in [0, 0.05) is 36.4 Å². The summed E-state index contributed by atoms with van der Waals surface area (Å²) in [6.07, 6.45) is 1.60. The standard InChI is InChI=1S/C13H16Cl2N2O2/c14-11-7-10(13(18)12(15)8-11)9-16-1-2-17-3-5-19-6-4-17/h7-9,18H,1-6H2. The van der Waals surface area contributed by atoms with Gasteiger partial charge in [-0.3, -0.25) is 9.89 Å². The van der Waals surface area contributed by atoms with Gasteiger partial charge in [0.25, 0.3) is 0 Å². The molecule has 104 valence electrons. The second kappa shape index (κ2) is 7.10. The van der Waals surface area contributed by atoms with E-state index >= 15 is 0 Å². The maximum Gasteiger partial charge on any atom is 0.143 e. The lowest BCUT2D eigenvalue weighted by atomic mass is 10.2. The van der Waals surface area contributed by atoms with Crippen LogP contribution in [0.5, 0.6) is 5.75 Å². The number of aromatic hydroxyl groups is 1.